The van der Waals surface area contributed by atoms with Crippen molar-refractivity contribution in [3.8, 4) is 0 Å². The zero-order valence-corrected chi connectivity index (χ0v) is 16.6. The second-order valence-corrected chi connectivity index (χ2v) is 7.51. The molecule has 0 radical (unpaired) electrons. The quantitative estimate of drug-likeness (QED) is 0.744. The van der Waals surface area contributed by atoms with Gasteiger partial charge in [-0.05, 0) is 44.7 Å². The maximum Gasteiger partial charge on any atom is 0.251 e. The molecule has 6 nitrogen and oxygen atoms in total. The first-order valence-corrected chi connectivity index (χ1v) is 9.47. The topological polar surface area (TPSA) is 70.1 Å². The number of benzene rings is 1. The van der Waals surface area contributed by atoms with Crippen molar-refractivity contribution in [3.63, 3.8) is 0 Å². The van der Waals surface area contributed by atoms with Crippen LogP contribution in [-0.2, 0) is 0 Å². The third-order valence-electron chi connectivity index (χ3n) is 5.01. The highest BCUT2D eigenvalue weighted by molar-refractivity contribution is 5.94. The molecule has 0 atom stereocenters. The second-order valence-electron chi connectivity index (χ2n) is 7.51. The molecular weight excluding hydrogens is 383 g/mol. The van der Waals surface area contributed by atoms with Gasteiger partial charge in [-0.25, -0.2) is 18.2 Å². The number of aromatic nitrogens is 2. The Morgan fingerprint density at radius 3 is 2.24 bits per heavy atom. The van der Waals surface area contributed by atoms with E-state index in [1.807, 2.05) is 25.9 Å². The number of nitrogens with zero attached hydrogens (tertiary/aromatic N) is 3. The molecule has 1 heterocycles. The number of carbonyl (C=O) groups excluding carboxylic acids is 1. The summed E-state index contributed by atoms with van der Waals surface area (Å²) in [5, 5.41) is 6.09. The molecule has 1 aliphatic rings. The summed E-state index contributed by atoms with van der Waals surface area (Å²) >= 11 is 0. The molecule has 1 amide bonds. The molecule has 1 fully saturated rings. The fourth-order valence-electron chi connectivity index (χ4n) is 3.48. The van der Waals surface area contributed by atoms with E-state index >= 15 is 0 Å². The van der Waals surface area contributed by atoms with Gasteiger partial charge in [0.2, 0.25) is 5.95 Å². The third-order valence-corrected chi connectivity index (χ3v) is 5.01. The Labute approximate surface area is 167 Å². The van der Waals surface area contributed by atoms with Crippen molar-refractivity contribution in [2.75, 3.05) is 24.3 Å². The lowest BCUT2D eigenvalue weighted by atomic mass is 9.91. The van der Waals surface area contributed by atoms with Crippen LogP contribution in [0.1, 0.15) is 41.6 Å². The normalized spacial score (nSPS) is 19.0. The second kappa shape index (κ2) is 8.67. The number of hydrogen-bond donors (Lipinski definition) is 2. The number of nitrogens with one attached hydrogen (secondary N) is 2. The first kappa shape index (κ1) is 20.9. The lowest BCUT2D eigenvalue weighted by Crippen LogP contribution is -2.40. The van der Waals surface area contributed by atoms with Gasteiger partial charge in [0.25, 0.3) is 5.91 Å². The van der Waals surface area contributed by atoms with E-state index in [4.69, 9.17) is 0 Å². The van der Waals surface area contributed by atoms with Crippen molar-refractivity contribution >= 4 is 17.7 Å². The molecular formula is C20H24F3N5O. The maximum absolute atomic E-state index is 13.3. The number of anilines is 2. The molecule has 1 aliphatic carbocycles. The van der Waals surface area contributed by atoms with E-state index in [9.17, 15) is 18.0 Å². The summed E-state index contributed by atoms with van der Waals surface area (Å²) in [4.78, 5) is 23.0. The molecule has 9 heteroatoms. The van der Waals surface area contributed by atoms with Gasteiger partial charge < -0.3 is 15.5 Å². The average molecular weight is 407 g/mol. The Balaban J connectivity index is 1.54. The predicted molar refractivity (Wildman–Crippen MR) is 105 cm³/mol. The van der Waals surface area contributed by atoms with Crippen LogP contribution in [0.4, 0.5) is 24.9 Å². The molecule has 0 aliphatic heterocycles. The highest BCUT2D eigenvalue weighted by Crippen LogP contribution is 2.23. The van der Waals surface area contributed by atoms with Crippen LogP contribution >= 0.6 is 0 Å². The first-order valence-electron chi connectivity index (χ1n) is 9.47. The predicted octanol–water partition coefficient (Wildman–Crippen LogP) is 3.42. The van der Waals surface area contributed by atoms with Gasteiger partial charge in [0.15, 0.2) is 17.5 Å². The molecule has 2 N–H and O–H groups in total. The first-order chi connectivity index (χ1) is 13.7. The van der Waals surface area contributed by atoms with Crippen LogP contribution in [-0.4, -0.2) is 42.1 Å². The molecule has 1 aromatic carbocycles. The number of rotatable bonds is 5. The van der Waals surface area contributed by atoms with Crippen molar-refractivity contribution in [2.24, 2.45) is 0 Å². The van der Waals surface area contributed by atoms with E-state index in [2.05, 4.69) is 20.6 Å². The molecule has 29 heavy (non-hydrogen) atoms. The summed E-state index contributed by atoms with van der Waals surface area (Å²) in [6.07, 6.45) is 4.73. The Hall–Kier alpha value is -2.84. The van der Waals surface area contributed by atoms with Crippen LogP contribution in [0.25, 0.3) is 0 Å². The van der Waals surface area contributed by atoms with Gasteiger partial charge in [0, 0.05) is 43.5 Å². The van der Waals surface area contributed by atoms with E-state index < -0.39 is 23.4 Å². The fourth-order valence-corrected chi connectivity index (χ4v) is 3.48. The van der Waals surface area contributed by atoms with E-state index in [-0.39, 0.29) is 17.6 Å². The van der Waals surface area contributed by atoms with Crippen molar-refractivity contribution in [2.45, 2.75) is 44.7 Å². The van der Waals surface area contributed by atoms with Crippen LogP contribution in [0, 0.1) is 24.4 Å². The van der Waals surface area contributed by atoms with Crippen LogP contribution in [0.5, 0.6) is 0 Å². The Morgan fingerprint density at radius 2 is 1.66 bits per heavy atom. The minimum absolute atomic E-state index is 0.118. The molecule has 1 aromatic heterocycles. The summed E-state index contributed by atoms with van der Waals surface area (Å²) in [5.41, 5.74) is 0.756. The average Bonchev–Trinajstić information content (AvgIpc) is 2.68. The minimum atomic E-state index is -1.58. The Morgan fingerprint density at radius 1 is 1.07 bits per heavy atom. The number of aryl methyl sites for hydroxylation is 1. The van der Waals surface area contributed by atoms with Gasteiger partial charge in [0.1, 0.15) is 5.82 Å². The molecule has 0 unspecified atom stereocenters. The Bertz CT molecular complexity index is 875. The van der Waals surface area contributed by atoms with E-state index in [1.54, 1.807) is 6.20 Å². The van der Waals surface area contributed by atoms with Crippen LogP contribution in [0.2, 0.25) is 0 Å². The zero-order chi connectivity index (χ0) is 21.1. The molecule has 1 saturated carbocycles. The highest BCUT2D eigenvalue weighted by Gasteiger charge is 2.24. The van der Waals surface area contributed by atoms with Crippen molar-refractivity contribution in [1.82, 2.24) is 15.3 Å². The summed E-state index contributed by atoms with van der Waals surface area (Å²) < 4.78 is 39.7. The number of carbonyl (C=O) groups is 1. The number of amides is 1. The molecule has 0 saturated heterocycles. The van der Waals surface area contributed by atoms with Crippen LogP contribution < -0.4 is 15.5 Å². The monoisotopic (exact) mass is 407 g/mol. The van der Waals surface area contributed by atoms with Crippen LogP contribution in [0.3, 0.4) is 0 Å². The van der Waals surface area contributed by atoms with Gasteiger partial charge in [0.05, 0.1) is 0 Å². The van der Waals surface area contributed by atoms with Crippen molar-refractivity contribution < 1.29 is 18.0 Å². The molecule has 0 bridgehead atoms. The summed E-state index contributed by atoms with van der Waals surface area (Å²) in [5.74, 6) is -3.54. The standard InChI is InChI=1S/C20H24F3N5O/c1-11-10-24-20(27-18(11)28(2)3)26-14-6-4-13(5-7-14)25-19(29)12-8-15(21)17(23)16(22)9-12/h8-10,13-14H,4-7H2,1-3H3,(H,25,29)(H,24,26,27). The summed E-state index contributed by atoms with van der Waals surface area (Å²) in [7, 11) is 3.84. The van der Waals surface area contributed by atoms with Gasteiger partial charge >= 0.3 is 0 Å². The maximum atomic E-state index is 13.3. The lowest BCUT2D eigenvalue weighted by molar-refractivity contribution is 0.0925. The third kappa shape index (κ3) is 4.96. The van der Waals surface area contributed by atoms with Crippen LogP contribution in [0.15, 0.2) is 18.3 Å². The highest BCUT2D eigenvalue weighted by atomic mass is 19.2. The number of hydrogen-bond acceptors (Lipinski definition) is 5. The largest absolute Gasteiger partial charge is 0.362 e. The van der Waals surface area contributed by atoms with Gasteiger partial charge in [-0.15, -0.1) is 0 Å². The SMILES string of the molecule is Cc1cnc(NC2CCC(NC(=O)c3cc(F)c(F)c(F)c3)CC2)nc1N(C)C. The van der Waals surface area contributed by atoms with Crippen molar-refractivity contribution in [1.29, 1.82) is 0 Å². The molecule has 3 rings (SSSR count). The summed E-state index contributed by atoms with van der Waals surface area (Å²) in [6.45, 7) is 1.95. The van der Waals surface area contributed by atoms with E-state index in [0.29, 0.717) is 30.9 Å². The minimum Gasteiger partial charge on any atom is -0.362 e. The lowest BCUT2D eigenvalue weighted by Gasteiger charge is -2.30. The summed E-state index contributed by atoms with van der Waals surface area (Å²) in [6, 6.07) is 1.46. The van der Waals surface area contributed by atoms with Gasteiger partial charge in [-0.1, -0.05) is 0 Å². The molecule has 2 aromatic rings. The molecule has 0 spiro atoms. The van der Waals surface area contributed by atoms with E-state index in [0.717, 1.165) is 24.2 Å². The van der Waals surface area contributed by atoms with E-state index in [1.165, 1.54) is 0 Å². The molecule has 156 valence electrons. The Kier molecular flexibility index (Phi) is 6.24. The van der Waals surface area contributed by atoms with Gasteiger partial charge in [-0.2, -0.15) is 4.98 Å². The van der Waals surface area contributed by atoms with Gasteiger partial charge in [-0.3, -0.25) is 4.79 Å². The zero-order valence-electron chi connectivity index (χ0n) is 16.6. The van der Waals surface area contributed by atoms with Crippen molar-refractivity contribution in [3.05, 3.63) is 46.9 Å². The number of halogens is 3. The smallest absolute Gasteiger partial charge is 0.251 e. The fraction of sp³-hybridized carbons (Fsp3) is 0.450.